The minimum Gasteiger partial charge on any atom is -0.491 e. The minimum absolute atomic E-state index is 0.145. The number of carbonyl (C=O) groups excluding carboxylic acids is 1. The molecule has 1 aromatic carbocycles. The summed E-state index contributed by atoms with van der Waals surface area (Å²) in [6.07, 6.45) is 1.72. The number of benzene rings is 1. The number of rotatable bonds is 2. The molecule has 0 spiro atoms. The molecule has 0 saturated carbocycles. The van der Waals surface area contributed by atoms with Gasteiger partial charge in [-0.1, -0.05) is 18.2 Å². The number of primary amides is 1. The van der Waals surface area contributed by atoms with Gasteiger partial charge in [-0.15, -0.1) is 10.2 Å². The van der Waals surface area contributed by atoms with Crippen LogP contribution in [0.5, 0.6) is 5.75 Å². The molecule has 4 heterocycles. The Hall–Kier alpha value is -3.62. The van der Waals surface area contributed by atoms with E-state index in [1.165, 1.54) is 4.57 Å². The molecule has 3 aromatic heterocycles. The molecule has 1 aliphatic rings. The van der Waals surface area contributed by atoms with Crippen molar-refractivity contribution in [2.75, 3.05) is 6.61 Å². The number of aromatic nitrogens is 5. The van der Waals surface area contributed by atoms with Crippen LogP contribution in [0.15, 0.2) is 41.3 Å². The summed E-state index contributed by atoms with van der Waals surface area (Å²) in [6.45, 7) is 0.145. The number of carbonyl (C=O) groups is 1. The van der Waals surface area contributed by atoms with Crippen LogP contribution in [0.25, 0.3) is 22.2 Å². The van der Waals surface area contributed by atoms with E-state index in [-0.39, 0.29) is 12.3 Å². The van der Waals surface area contributed by atoms with Crippen molar-refractivity contribution in [3.05, 3.63) is 52.6 Å². The van der Waals surface area contributed by atoms with E-state index >= 15 is 0 Å². The lowest BCUT2D eigenvalue weighted by molar-refractivity contribution is -0.121. The van der Waals surface area contributed by atoms with Crippen molar-refractivity contribution in [3.63, 3.8) is 0 Å². The molecule has 0 saturated heterocycles. The highest BCUT2D eigenvalue weighted by Crippen LogP contribution is 2.40. The van der Waals surface area contributed by atoms with Crippen molar-refractivity contribution in [2.24, 2.45) is 5.73 Å². The van der Waals surface area contributed by atoms with E-state index in [0.29, 0.717) is 28.1 Å². The van der Waals surface area contributed by atoms with Gasteiger partial charge in [0, 0.05) is 17.1 Å². The number of amides is 1. The maximum atomic E-state index is 12.7. The first-order valence-corrected chi connectivity index (χ1v) is 8.10. The second-order valence-corrected chi connectivity index (χ2v) is 6.23. The molecular formula is C17H14N6O3. The molecule has 130 valence electrons. The fourth-order valence-electron chi connectivity index (χ4n) is 3.73. The third-order valence-corrected chi connectivity index (χ3v) is 4.83. The fourth-order valence-corrected chi connectivity index (χ4v) is 3.73. The van der Waals surface area contributed by atoms with Crippen LogP contribution in [0.2, 0.25) is 0 Å². The number of nitrogens with zero attached hydrogens (tertiary/aromatic N) is 3. The molecule has 2 atom stereocenters. The van der Waals surface area contributed by atoms with Crippen LogP contribution >= 0.6 is 0 Å². The Bertz CT molecular complexity index is 1220. The Morgan fingerprint density at radius 1 is 1.23 bits per heavy atom. The zero-order valence-corrected chi connectivity index (χ0v) is 13.5. The molecule has 1 aliphatic heterocycles. The van der Waals surface area contributed by atoms with Crippen LogP contribution < -0.4 is 16.2 Å². The van der Waals surface area contributed by atoms with Crippen molar-refractivity contribution in [1.82, 2.24) is 24.7 Å². The van der Waals surface area contributed by atoms with Gasteiger partial charge in [0.1, 0.15) is 17.9 Å². The van der Waals surface area contributed by atoms with Gasteiger partial charge in [-0.25, -0.2) is 4.79 Å². The Morgan fingerprint density at radius 2 is 2.04 bits per heavy atom. The quantitative estimate of drug-likeness (QED) is 0.492. The normalized spacial score (nSPS) is 19.4. The molecule has 4 aromatic rings. The monoisotopic (exact) mass is 350 g/mol. The zero-order chi connectivity index (χ0) is 17.8. The van der Waals surface area contributed by atoms with Crippen LogP contribution in [0.1, 0.15) is 17.5 Å². The maximum Gasteiger partial charge on any atom is 0.328 e. The summed E-state index contributed by atoms with van der Waals surface area (Å²) in [5.41, 5.74) is 7.47. The summed E-state index contributed by atoms with van der Waals surface area (Å²) in [7, 11) is 0. The number of ether oxygens (including phenoxy) is 1. The Labute approximate surface area is 145 Å². The summed E-state index contributed by atoms with van der Waals surface area (Å²) in [6, 6.07) is 8.44. The van der Waals surface area contributed by atoms with Gasteiger partial charge in [-0.2, -0.15) is 0 Å². The molecule has 1 amide bonds. The Balaban J connectivity index is 1.80. The van der Waals surface area contributed by atoms with Gasteiger partial charge < -0.3 is 15.5 Å². The first-order valence-electron chi connectivity index (χ1n) is 8.10. The third-order valence-electron chi connectivity index (χ3n) is 4.83. The molecule has 9 heteroatoms. The lowest BCUT2D eigenvalue weighted by Gasteiger charge is -2.32. The minimum atomic E-state index is -0.696. The molecule has 4 N–H and O–H groups in total. The van der Waals surface area contributed by atoms with Crippen LogP contribution in [-0.4, -0.2) is 37.2 Å². The molecule has 9 nitrogen and oxygen atoms in total. The number of nitrogens with two attached hydrogens (primary N) is 1. The average Bonchev–Trinajstić information content (AvgIpc) is 3.23. The average molecular weight is 350 g/mol. The summed E-state index contributed by atoms with van der Waals surface area (Å²) in [5.74, 6) is -0.606. The van der Waals surface area contributed by atoms with E-state index < -0.39 is 17.9 Å². The topological polar surface area (TPSA) is 132 Å². The van der Waals surface area contributed by atoms with Crippen molar-refractivity contribution in [1.29, 1.82) is 0 Å². The SMILES string of the molecule is NC(=O)C1c2ccccc2OCC1n1c(=O)[nH]c2nnc3[nH]ccc3c21. The largest absolute Gasteiger partial charge is 0.491 e. The van der Waals surface area contributed by atoms with Crippen LogP contribution in [0, 0.1) is 0 Å². The highest BCUT2D eigenvalue weighted by Gasteiger charge is 2.38. The molecule has 0 bridgehead atoms. The van der Waals surface area contributed by atoms with E-state index in [9.17, 15) is 9.59 Å². The van der Waals surface area contributed by atoms with Gasteiger partial charge in [0.05, 0.1) is 12.0 Å². The summed E-state index contributed by atoms with van der Waals surface area (Å²) in [5, 5.41) is 8.84. The summed E-state index contributed by atoms with van der Waals surface area (Å²) in [4.78, 5) is 30.7. The maximum absolute atomic E-state index is 12.7. The summed E-state index contributed by atoms with van der Waals surface area (Å²) < 4.78 is 7.32. The second-order valence-electron chi connectivity index (χ2n) is 6.23. The van der Waals surface area contributed by atoms with Gasteiger partial charge in [-0.3, -0.25) is 14.3 Å². The highest BCUT2D eigenvalue weighted by molar-refractivity contribution is 5.99. The second kappa shape index (κ2) is 5.19. The first-order chi connectivity index (χ1) is 12.6. The molecule has 5 rings (SSSR count). The number of imidazole rings is 1. The Kier molecular flexibility index (Phi) is 2.93. The number of para-hydroxylation sites is 1. The zero-order valence-electron chi connectivity index (χ0n) is 13.5. The van der Waals surface area contributed by atoms with Gasteiger partial charge >= 0.3 is 5.69 Å². The summed E-state index contributed by atoms with van der Waals surface area (Å²) >= 11 is 0. The first kappa shape index (κ1) is 14.7. The number of fused-ring (bicyclic) bond motifs is 4. The predicted molar refractivity (Wildman–Crippen MR) is 92.9 cm³/mol. The smallest absolute Gasteiger partial charge is 0.328 e. The van der Waals surface area contributed by atoms with E-state index in [1.54, 1.807) is 18.3 Å². The molecule has 0 fully saturated rings. The number of hydrogen-bond acceptors (Lipinski definition) is 5. The van der Waals surface area contributed by atoms with Crippen molar-refractivity contribution >= 4 is 28.1 Å². The van der Waals surface area contributed by atoms with Gasteiger partial charge in [0.2, 0.25) is 5.91 Å². The molecular weight excluding hydrogens is 336 g/mol. The lowest BCUT2D eigenvalue weighted by atomic mass is 9.88. The van der Waals surface area contributed by atoms with Crippen molar-refractivity contribution in [2.45, 2.75) is 12.0 Å². The van der Waals surface area contributed by atoms with Crippen LogP contribution in [0.3, 0.4) is 0 Å². The van der Waals surface area contributed by atoms with Crippen molar-refractivity contribution < 1.29 is 9.53 Å². The van der Waals surface area contributed by atoms with E-state index in [1.807, 2.05) is 18.2 Å². The lowest BCUT2D eigenvalue weighted by Crippen LogP contribution is -2.39. The fraction of sp³-hybridized carbons (Fsp3) is 0.176. The van der Waals surface area contributed by atoms with Crippen molar-refractivity contribution in [3.8, 4) is 5.75 Å². The van der Waals surface area contributed by atoms with Crippen LogP contribution in [-0.2, 0) is 4.79 Å². The van der Waals surface area contributed by atoms with Gasteiger partial charge in [-0.05, 0) is 12.1 Å². The number of hydrogen-bond donors (Lipinski definition) is 3. The third kappa shape index (κ3) is 1.91. The van der Waals surface area contributed by atoms with E-state index in [0.717, 1.165) is 5.39 Å². The number of nitrogens with one attached hydrogen (secondary N) is 2. The van der Waals surface area contributed by atoms with Gasteiger partial charge in [0.15, 0.2) is 11.3 Å². The highest BCUT2D eigenvalue weighted by atomic mass is 16.5. The van der Waals surface area contributed by atoms with E-state index in [2.05, 4.69) is 20.2 Å². The molecule has 2 unspecified atom stereocenters. The molecule has 26 heavy (non-hydrogen) atoms. The van der Waals surface area contributed by atoms with Gasteiger partial charge in [0.25, 0.3) is 0 Å². The number of aromatic amines is 2. The molecule has 0 radical (unpaired) electrons. The predicted octanol–water partition coefficient (Wildman–Crippen LogP) is 0.803. The number of H-pyrrole nitrogens is 2. The standard InChI is InChI=1S/C17H14N6O3/c18-14(24)12-8-3-1-2-4-11(8)26-7-10(12)23-13-9-5-6-19-15(9)21-22-16(13)20-17(23)25/h1-6,10,12H,7H2,(H2,18,24)(H,19,21)(H,20,22,25). The molecule has 0 aliphatic carbocycles. The van der Waals surface area contributed by atoms with Crippen LogP contribution in [0.4, 0.5) is 0 Å². The van der Waals surface area contributed by atoms with E-state index in [4.69, 9.17) is 10.5 Å². The Morgan fingerprint density at radius 3 is 2.88 bits per heavy atom.